The van der Waals surface area contributed by atoms with E-state index in [-0.39, 0.29) is 11.4 Å². The molecule has 0 atom stereocenters. The van der Waals surface area contributed by atoms with E-state index in [4.69, 9.17) is 4.42 Å². The lowest BCUT2D eigenvalue weighted by atomic mass is 10.1. The lowest BCUT2D eigenvalue weighted by Gasteiger charge is -2.20. The molecule has 0 fully saturated rings. The fourth-order valence-electron chi connectivity index (χ4n) is 2.09. The van der Waals surface area contributed by atoms with E-state index in [1.165, 1.54) is 11.8 Å². The Kier molecular flexibility index (Phi) is 5.87. The standard InChI is InChI=1S/C16H24N4O2S/c1-5-6-9-20-14(12-8-7-10-22-12)18-19-15(20)23-11-13(21)17-16(2,3)4/h7-8,10H,5-6,9,11H2,1-4H3,(H,17,21). The van der Waals surface area contributed by atoms with Crippen molar-refractivity contribution in [3.63, 3.8) is 0 Å². The normalized spacial score (nSPS) is 11.7. The summed E-state index contributed by atoms with van der Waals surface area (Å²) in [4.78, 5) is 12.0. The highest BCUT2D eigenvalue weighted by molar-refractivity contribution is 7.99. The van der Waals surface area contributed by atoms with Crippen LogP contribution in [0.3, 0.4) is 0 Å². The van der Waals surface area contributed by atoms with Crippen molar-refractivity contribution in [3.05, 3.63) is 18.4 Å². The van der Waals surface area contributed by atoms with Crippen molar-refractivity contribution in [2.24, 2.45) is 0 Å². The van der Waals surface area contributed by atoms with Crippen LogP contribution in [-0.4, -0.2) is 32.0 Å². The Balaban J connectivity index is 2.10. The van der Waals surface area contributed by atoms with Crippen LogP contribution >= 0.6 is 11.8 Å². The van der Waals surface area contributed by atoms with E-state index in [0.717, 1.165) is 24.5 Å². The van der Waals surface area contributed by atoms with Gasteiger partial charge in [0.15, 0.2) is 16.7 Å². The maximum Gasteiger partial charge on any atom is 0.230 e. The van der Waals surface area contributed by atoms with Gasteiger partial charge in [-0.05, 0) is 39.3 Å². The zero-order valence-electron chi connectivity index (χ0n) is 14.1. The highest BCUT2D eigenvalue weighted by Gasteiger charge is 2.18. The lowest BCUT2D eigenvalue weighted by Crippen LogP contribution is -2.41. The first-order valence-electron chi connectivity index (χ1n) is 7.81. The van der Waals surface area contributed by atoms with Crippen molar-refractivity contribution in [1.82, 2.24) is 20.1 Å². The number of carbonyl (C=O) groups is 1. The van der Waals surface area contributed by atoms with Crippen molar-refractivity contribution in [2.45, 2.75) is 57.8 Å². The summed E-state index contributed by atoms with van der Waals surface area (Å²) in [7, 11) is 0. The van der Waals surface area contributed by atoms with Crippen molar-refractivity contribution < 1.29 is 9.21 Å². The maximum atomic E-state index is 12.0. The number of unbranched alkanes of at least 4 members (excludes halogenated alkanes) is 1. The van der Waals surface area contributed by atoms with Gasteiger partial charge in [0, 0.05) is 12.1 Å². The van der Waals surface area contributed by atoms with E-state index in [9.17, 15) is 4.79 Å². The Labute approximate surface area is 141 Å². The molecule has 0 bridgehead atoms. The smallest absolute Gasteiger partial charge is 0.230 e. The second kappa shape index (κ2) is 7.68. The van der Waals surface area contributed by atoms with Crippen molar-refractivity contribution in [2.75, 3.05) is 5.75 Å². The van der Waals surface area contributed by atoms with Crippen LogP contribution in [0.15, 0.2) is 28.0 Å². The van der Waals surface area contributed by atoms with Gasteiger partial charge < -0.3 is 9.73 Å². The second-order valence-corrected chi connectivity index (χ2v) is 7.32. The molecule has 6 nitrogen and oxygen atoms in total. The van der Waals surface area contributed by atoms with Gasteiger partial charge in [-0.1, -0.05) is 25.1 Å². The van der Waals surface area contributed by atoms with Gasteiger partial charge in [-0.15, -0.1) is 10.2 Å². The lowest BCUT2D eigenvalue weighted by molar-refractivity contribution is -0.119. The van der Waals surface area contributed by atoms with Gasteiger partial charge in [0.1, 0.15) is 0 Å². The first kappa shape index (κ1) is 17.6. The summed E-state index contributed by atoms with van der Waals surface area (Å²) in [6.07, 6.45) is 3.72. The molecule has 0 aliphatic heterocycles. The molecule has 2 aromatic rings. The zero-order chi connectivity index (χ0) is 16.9. The minimum atomic E-state index is -0.229. The maximum absolute atomic E-state index is 12.0. The second-order valence-electron chi connectivity index (χ2n) is 6.38. The summed E-state index contributed by atoms with van der Waals surface area (Å²) in [6, 6.07) is 3.70. The fraction of sp³-hybridized carbons (Fsp3) is 0.562. The molecule has 0 aliphatic carbocycles. The first-order chi connectivity index (χ1) is 10.9. The van der Waals surface area contributed by atoms with Crippen LogP contribution in [0.25, 0.3) is 11.6 Å². The predicted octanol–water partition coefficient (Wildman–Crippen LogP) is 3.35. The van der Waals surface area contributed by atoms with E-state index in [0.29, 0.717) is 17.3 Å². The monoisotopic (exact) mass is 336 g/mol. The molecule has 0 radical (unpaired) electrons. The number of nitrogens with one attached hydrogen (secondary N) is 1. The Bertz CT molecular complexity index is 629. The molecule has 2 heterocycles. The number of hydrogen-bond donors (Lipinski definition) is 1. The molecular formula is C16H24N4O2S. The molecule has 1 amide bonds. The Morgan fingerprint density at radius 1 is 1.39 bits per heavy atom. The summed E-state index contributed by atoms with van der Waals surface area (Å²) >= 11 is 1.40. The number of rotatable bonds is 7. The van der Waals surface area contributed by atoms with Crippen molar-refractivity contribution in [1.29, 1.82) is 0 Å². The third kappa shape index (κ3) is 5.13. The Hall–Kier alpha value is -1.76. The van der Waals surface area contributed by atoms with E-state index in [2.05, 4.69) is 22.4 Å². The quantitative estimate of drug-likeness (QED) is 0.785. The summed E-state index contributed by atoms with van der Waals surface area (Å²) in [5.41, 5.74) is -0.229. The molecular weight excluding hydrogens is 312 g/mol. The summed E-state index contributed by atoms with van der Waals surface area (Å²) in [5.74, 6) is 1.72. The number of furan rings is 1. The van der Waals surface area contributed by atoms with E-state index in [1.807, 2.05) is 37.5 Å². The molecule has 2 rings (SSSR count). The SMILES string of the molecule is CCCCn1c(SCC(=O)NC(C)(C)C)nnc1-c1ccco1. The molecule has 23 heavy (non-hydrogen) atoms. The number of thioether (sulfide) groups is 1. The minimum Gasteiger partial charge on any atom is -0.461 e. The van der Waals surface area contributed by atoms with Gasteiger partial charge in [0.25, 0.3) is 0 Å². The molecule has 0 saturated carbocycles. The molecule has 0 saturated heterocycles. The van der Waals surface area contributed by atoms with E-state index < -0.39 is 0 Å². The van der Waals surface area contributed by atoms with Crippen LogP contribution in [0.1, 0.15) is 40.5 Å². The van der Waals surface area contributed by atoms with Gasteiger partial charge in [0.05, 0.1) is 12.0 Å². The van der Waals surface area contributed by atoms with E-state index >= 15 is 0 Å². The topological polar surface area (TPSA) is 73.0 Å². The molecule has 0 unspecified atom stereocenters. The highest BCUT2D eigenvalue weighted by atomic mass is 32.2. The fourth-order valence-corrected chi connectivity index (χ4v) is 2.85. The third-order valence-electron chi connectivity index (χ3n) is 3.04. The molecule has 7 heteroatoms. The average Bonchev–Trinajstić information content (AvgIpc) is 3.10. The van der Waals surface area contributed by atoms with Crippen LogP contribution in [0.4, 0.5) is 0 Å². The Morgan fingerprint density at radius 3 is 2.78 bits per heavy atom. The number of carbonyl (C=O) groups excluding carboxylic acids is 1. The molecule has 0 aliphatic rings. The first-order valence-corrected chi connectivity index (χ1v) is 8.80. The van der Waals surface area contributed by atoms with Gasteiger partial charge in [-0.2, -0.15) is 0 Å². The van der Waals surface area contributed by atoms with Crippen LogP contribution < -0.4 is 5.32 Å². The van der Waals surface area contributed by atoms with Gasteiger partial charge in [-0.25, -0.2) is 0 Å². The molecule has 126 valence electrons. The molecule has 0 spiro atoms. The third-order valence-corrected chi connectivity index (χ3v) is 4.01. The van der Waals surface area contributed by atoms with Crippen molar-refractivity contribution >= 4 is 17.7 Å². The van der Waals surface area contributed by atoms with E-state index in [1.54, 1.807) is 6.26 Å². The van der Waals surface area contributed by atoms with Gasteiger partial charge in [0.2, 0.25) is 5.91 Å². The minimum absolute atomic E-state index is 0.00732. The molecule has 1 N–H and O–H groups in total. The molecule has 0 aromatic carbocycles. The summed E-state index contributed by atoms with van der Waals surface area (Å²) in [5, 5.41) is 12.2. The highest BCUT2D eigenvalue weighted by Crippen LogP contribution is 2.25. The molecule has 2 aromatic heterocycles. The summed E-state index contributed by atoms with van der Waals surface area (Å²) in [6.45, 7) is 8.85. The number of aromatic nitrogens is 3. The number of nitrogens with zero attached hydrogens (tertiary/aromatic N) is 3. The van der Waals surface area contributed by atoms with Crippen LogP contribution in [0, 0.1) is 0 Å². The van der Waals surface area contributed by atoms with Gasteiger partial charge >= 0.3 is 0 Å². The predicted molar refractivity (Wildman–Crippen MR) is 91.3 cm³/mol. The van der Waals surface area contributed by atoms with Crippen LogP contribution in [0.2, 0.25) is 0 Å². The van der Waals surface area contributed by atoms with Crippen molar-refractivity contribution in [3.8, 4) is 11.6 Å². The zero-order valence-corrected chi connectivity index (χ0v) is 14.9. The number of hydrogen-bond acceptors (Lipinski definition) is 5. The van der Waals surface area contributed by atoms with Crippen LogP contribution in [-0.2, 0) is 11.3 Å². The number of amides is 1. The Morgan fingerprint density at radius 2 is 2.17 bits per heavy atom. The van der Waals surface area contributed by atoms with Crippen LogP contribution in [0.5, 0.6) is 0 Å². The summed E-state index contributed by atoms with van der Waals surface area (Å²) < 4.78 is 7.46. The largest absolute Gasteiger partial charge is 0.461 e. The van der Waals surface area contributed by atoms with Gasteiger partial charge in [-0.3, -0.25) is 9.36 Å². The average molecular weight is 336 g/mol.